The molecule has 196 valence electrons. The fourth-order valence-electron chi connectivity index (χ4n) is 7.39. The second-order valence-corrected chi connectivity index (χ2v) is 11.6. The van der Waals surface area contributed by atoms with E-state index in [-0.39, 0.29) is 22.9 Å². The fourth-order valence-corrected chi connectivity index (χ4v) is 7.39. The number of hydrogen-bond acceptors (Lipinski definition) is 4. The van der Waals surface area contributed by atoms with Crippen molar-refractivity contribution < 1.29 is 4.39 Å². The van der Waals surface area contributed by atoms with Gasteiger partial charge in [0.2, 0.25) is 0 Å². The first kappa shape index (κ1) is 24.5. The van der Waals surface area contributed by atoms with Crippen molar-refractivity contribution >= 4 is 11.0 Å². The number of H-pyrrole nitrogens is 1. The van der Waals surface area contributed by atoms with Gasteiger partial charge < -0.3 is 14.9 Å². The van der Waals surface area contributed by atoms with Gasteiger partial charge >= 0.3 is 0 Å². The molecule has 4 heterocycles. The van der Waals surface area contributed by atoms with Crippen molar-refractivity contribution in [3.8, 4) is 11.3 Å². The molecule has 2 aliphatic heterocycles. The van der Waals surface area contributed by atoms with Crippen LogP contribution in [0.3, 0.4) is 0 Å². The van der Waals surface area contributed by atoms with Crippen molar-refractivity contribution in [3.05, 3.63) is 63.1 Å². The summed E-state index contributed by atoms with van der Waals surface area (Å²) in [5.74, 6) is 1.70. The van der Waals surface area contributed by atoms with Gasteiger partial charge in [-0.1, -0.05) is 57.1 Å². The number of benzene rings is 1. The van der Waals surface area contributed by atoms with Crippen LogP contribution in [0.25, 0.3) is 22.3 Å². The minimum Gasteiger partial charge on any atom is -0.326 e. The predicted molar refractivity (Wildman–Crippen MR) is 144 cm³/mol. The summed E-state index contributed by atoms with van der Waals surface area (Å²) in [5.41, 5.74) is 0.509. The van der Waals surface area contributed by atoms with Crippen LogP contribution in [0.15, 0.2) is 46.1 Å². The smallest absolute Gasteiger partial charge is 0.278 e. The summed E-state index contributed by atoms with van der Waals surface area (Å²) in [4.78, 5) is 32.5. The SMILES string of the molecule is C1CC2CCCC(C1)C2.O=c1[nH]cc(F)cc1-c1nc2ccccc2n(C2CC3CCCC(C2)N3)c1=O. The molecule has 1 aromatic carbocycles. The Bertz CT molecular complexity index is 1350. The van der Waals surface area contributed by atoms with Crippen molar-refractivity contribution in [2.45, 2.75) is 95.2 Å². The molecule has 2 unspecified atom stereocenters. The molecule has 37 heavy (non-hydrogen) atoms. The highest BCUT2D eigenvalue weighted by Gasteiger charge is 2.33. The highest BCUT2D eigenvalue weighted by atomic mass is 19.1. The lowest BCUT2D eigenvalue weighted by atomic mass is 9.72. The van der Waals surface area contributed by atoms with Gasteiger partial charge in [-0.2, -0.15) is 0 Å². The minimum absolute atomic E-state index is 0.00291. The molecule has 7 rings (SSSR count). The average molecular weight is 505 g/mol. The summed E-state index contributed by atoms with van der Waals surface area (Å²) >= 11 is 0. The van der Waals surface area contributed by atoms with Gasteiger partial charge in [0.05, 0.1) is 16.6 Å². The zero-order valence-corrected chi connectivity index (χ0v) is 21.4. The average Bonchev–Trinajstić information content (AvgIpc) is 2.90. The number of nitrogens with one attached hydrogen (secondary N) is 2. The van der Waals surface area contributed by atoms with Gasteiger partial charge in [0.15, 0.2) is 0 Å². The lowest BCUT2D eigenvalue weighted by Crippen LogP contribution is -2.50. The Morgan fingerprint density at radius 3 is 2.19 bits per heavy atom. The number of aromatic amines is 1. The summed E-state index contributed by atoms with van der Waals surface area (Å²) in [6.45, 7) is 0. The van der Waals surface area contributed by atoms with Crippen LogP contribution in [0.5, 0.6) is 0 Å². The van der Waals surface area contributed by atoms with Gasteiger partial charge in [0.25, 0.3) is 11.1 Å². The number of hydrogen-bond donors (Lipinski definition) is 2. The lowest BCUT2D eigenvalue weighted by Gasteiger charge is -2.41. The summed E-state index contributed by atoms with van der Waals surface area (Å²) in [6, 6.07) is 9.36. The second kappa shape index (κ2) is 10.5. The molecule has 2 saturated carbocycles. The molecule has 6 nitrogen and oxygen atoms in total. The van der Waals surface area contributed by atoms with Crippen LogP contribution in [-0.2, 0) is 0 Å². The van der Waals surface area contributed by atoms with Crippen LogP contribution in [0.1, 0.15) is 83.1 Å². The topological polar surface area (TPSA) is 79.8 Å². The second-order valence-electron chi connectivity index (χ2n) is 11.6. The number of para-hydroxylation sites is 2. The van der Waals surface area contributed by atoms with E-state index >= 15 is 0 Å². The summed E-state index contributed by atoms with van der Waals surface area (Å²) in [6.07, 6.45) is 17.0. The first-order valence-corrected chi connectivity index (χ1v) is 14.2. The quantitative estimate of drug-likeness (QED) is 0.468. The third-order valence-electron chi connectivity index (χ3n) is 9.09. The third-order valence-corrected chi connectivity index (χ3v) is 9.09. The molecule has 2 saturated heterocycles. The molecule has 4 aliphatic rings. The molecule has 4 fully saturated rings. The Morgan fingerprint density at radius 1 is 0.865 bits per heavy atom. The fraction of sp³-hybridized carbons (Fsp3) is 0.567. The van der Waals surface area contributed by atoms with E-state index in [2.05, 4.69) is 15.3 Å². The zero-order chi connectivity index (χ0) is 25.4. The first-order chi connectivity index (χ1) is 18.0. The molecule has 2 N–H and O–H groups in total. The molecular formula is C30H37FN4O2. The normalized spacial score (nSPS) is 28.8. The molecule has 0 amide bonds. The first-order valence-electron chi connectivity index (χ1n) is 14.2. The molecule has 2 aliphatic carbocycles. The van der Waals surface area contributed by atoms with Crippen LogP contribution in [0, 0.1) is 17.7 Å². The minimum atomic E-state index is -0.605. The summed E-state index contributed by atoms with van der Waals surface area (Å²) in [7, 11) is 0. The predicted octanol–water partition coefficient (Wildman–Crippen LogP) is 5.71. The Balaban J connectivity index is 0.000000235. The maximum atomic E-state index is 13.8. The van der Waals surface area contributed by atoms with Gasteiger partial charge in [-0.05, 0) is 62.1 Å². The number of halogens is 1. The zero-order valence-electron chi connectivity index (χ0n) is 21.4. The van der Waals surface area contributed by atoms with E-state index in [0.29, 0.717) is 17.6 Å². The number of aromatic nitrogens is 3. The Hall–Kier alpha value is -2.80. The summed E-state index contributed by atoms with van der Waals surface area (Å²) < 4.78 is 15.6. The van der Waals surface area contributed by atoms with E-state index in [1.807, 2.05) is 24.3 Å². The number of pyridine rings is 1. The van der Waals surface area contributed by atoms with Crippen molar-refractivity contribution in [3.63, 3.8) is 0 Å². The molecule has 0 spiro atoms. The van der Waals surface area contributed by atoms with Crippen molar-refractivity contribution in [1.82, 2.24) is 19.9 Å². The standard InChI is InChI=1S/C21H21FN4O2.C9H16/c22-12-8-16(20(27)23-11-12)19-21(28)26(18-7-2-1-6-17(18)25-19)15-9-13-4-3-5-14(10-15)24-13;1-3-8-5-2-6-9(4-1)7-8/h1-2,6-8,11,13-15,24H,3-5,9-10H2,(H,23,27);8-9H,1-7H2. The van der Waals surface area contributed by atoms with E-state index < -0.39 is 11.4 Å². The van der Waals surface area contributed by atoms with Gasteiger partial charge in [0.1, 0.15) is 11.5 Å². The molecule has 4 bridgehead atoms. The van der Waals surface area contributed by atoms with E-state index in [1.165, 1.54) is 19.3 Å². The van der Waals surface area contributed by atoms with Crippen LogP contribution < -0.4 is 16.4 Å². The molecule has 2 atom stereocenters. The molecule has 3 aromatic rings. The maximum Gasteiger partial charge on any atom is 0.278 e. The monoisotopic (exact) mass is 504 g/mol. The third kappa shape index (κ3) is 5.15. The van der Waals surface area contributed by atoms with E-state index in [9.17, 15) is 14.0 Å². The Morgan fingerprint density at radius 2 is 1.51 bits per heavy atom. The van der Waals surface area contributed by atoms with Crippen molar-refractivity contribution in [2.24, 2.45) is 11.8 Å². The number of nitrogens with zero attached hydrogens (tertiary/aromatic N) is 2. The van der Waals surface area contributed by atoms with Crippen molar-refractivity contribution in [2.75, 3.05) is 0 Å². The van der Waals surface area contributed by atoms with E-state index in [0.717, 1.165) is 55.3 Å². The largest absolute Gasteiger partial charge is 0.326 e. The van der Waals surface area contributed by atoms with Gasteiger partial charge in [0, 0.05) is 24.3 Å². The maximum absolute atomic E-state index is 13.8. The Kier molecular flexibility index (Phi) is 6.98. The molecule has 2 aromatic heterocycles. The van der Waals surface area contributed by atoms with Crippen LogP contribution >= 0.6 is 0 Å². The number of fused-ring (bicyclic) bond motifs is 5. The van der Waals surface area contributed by atoms with E-state index in [4.69, 9.17) is 0 Å². The number of rotatable bonds is 2. The Labute approximate surface area is 216 Å². The highest BCUT2D eigenvalue weighted by Crippen LogP contribution is 2.39. The van der Waals surface area contributed by atoms with Crippen LogP contribution in [0.2, 0.25) is 0 Å². The van der Waals surface area contributed by atoms with Crippen LogP contribution in [0.4, 0.5) is 4.39 Å². The van der Waals surface area contributed by atoms with Gasteiger partial charge in [-0.3, -0.25) is 9.59 Å². The number of piperidine rings is 2. The van der Waals surface area contributed by atoms with Gasteiger partial charge in [-0.15, -0.1) is 0 Å². The summed E-state index contributed by atoms with van der Waals surface area (Å²) in [5, 5.41) is 3.65. The van der Waals surface area contributed by atoms with Gasteiger partial charge in [-0.25, -0.2) is 9.37 Å². The van der Waals surface area contributed by atoms with Crippen LogP contribution in [-0.4, -0.2) is 26.6 Å². The molecular weight excluding hydrogens is 467 g/mol. The highest BCUT2D eigenvalue weighted by molar-refractivity contribution is 5.77. The molecule has 7 heteroatoms. The lowest BCUT2D eigenvalue weighted by molar-refractivity contribution is 0.189. The van der Waals surface area contributed by atoms with E-state index in [1.54, 1.807) is 36.7 Å². The molecule has 0 radical (unpaired) electrons. The van der Waals surface area contributed by atoms with Crippen molar-refractivity contribution in [1.29, 1.82) is 0 Å².